The number of benzene rings is 1. The third-order valence-electron chi connectivity index (χ3n) is 4.36. The molecule has 166 valence electrons. The number of rotatable bonds is 9. The van der Waals surface area contributed by atoms with E-state index in [1.54, 1.807) is 24.3 Å². The molecule has 11 nitrogen and oxygen atoms in total. The Kier molecular flexibility index (Phi) is 7.70. The van der Waals surface area contributed by atoms with Gasteiger partial charge in [0.2, 0.25) is 5.95 Å². The van der Waals surface area contributed by atoms with E-state index < -0.39 is 23.5 Å². The van der Waals surface area contributed by atoms with E-state index >= 15 is 0 Å². The molecule has 32 heavy (non-hydrogen) atoms. The van der Waals surface area contributed by atoms with Crippen molar-refractivity contribution in [3.05, 3.63) is 52.1 Å². The van der Waals surface area contributed by atoms with Gasteiger partial charge >= 0.3 is 133 Å². The number of carboxylic acids is 1. The molecule has 0 aliphatic carbocycles. The van der Waals surface area contributed by atoms with Crippen LogP contribution in [0.4, 0.5) is 11.6 Å². The molecule has 0 spiro atoms. The van der Waals surface area contributed by atoms with Crippen molar-refractivity contribution >= 4 is 69.6 Å². The number of nitrogen functional groups attached to an aromatic ring is 1. The van der Waals surface area contributed by atoms with Gasteiger partial charge in [0.1, 0.15) is 0 Å². The van der Waals surface area contributed by atoms with E-state index in [4.69, 9.17) is 5.73 Å². The molecule has 0 aliphatic rings. The summed E-state index contributed by atoms with van der Waals surface area (Å²) in [6.07, 6.45) is 2.31. The molecule has 6 N–H and O–H groups in total. The van der Waals surface area contributed by atoms with Crippen LogP contribution in [0.2, 0.25) is 0 Å². The number of hydrogen-bond acceptors (Lipinski definition) is 8. The molecule has 0 radical (unpaired) electrons. The first-order valence-electron chi connectivity index (χ1n) is 9.33. The van der Waals surface area contributed by atoms with Crippen molar-refractivity contribution in [3.63, 3.8) is 0 Å². The predicted molar refractivity (Wildman–Crippen MR) is 122 cm³/mol. The first-order chi connectivity index (χ1) is 15.2. The maximum Gasteiger partial charge on any atom is 0.280 e. The van der Waals surface area contributed by atoms with E-state index in [9.17, 15) is 19.5 Å². The largest absolute Gasteiger partial charge is 0.291 e. The van der Waals surface area contributed by atoms with Crippen LogP contribution in [0.25, 0.3) is 11.2 Å². The van der Waals surface area contributed by atoms with E-state index in [0.717, 1.165) is 3.32 Å². The van der Waals surface area contributed by atoms with Crippen molar-refractivity contribution in [1.82, 2.24) is 25.3 Å². The molecule has 13 heteroatoms. The summed E-state index contributed by atoms with van der Waals surface area (Å²) in [6.45, 7) is 0.280. The quantitative estimate of drug-likeness (QED) is 0.205. The molecule has 0 bridgehead atoms. The fraction of sp³-hybridized carbons (Fsp3) is 0.211. The number of amides is 1. The molecule has 3 rings (SSSR count). The topological polar surface area (TPSA) is 176 Å². The fourth-order valence-corrected chi connectivity index (χ4v) is 3.27. The standard InChI is InChI=1S/C19H19N7O4Se2/c20-19-25-15-14(17(28)26-19)23-11(8-22-15)7-21-10-3-1-9(2-4-10)16(27)24-12(18(29)30)5-6-13(31)32/h1-4,8,12,21H,5-7H2,(H,24,27)(H,29,30)(H,31,32)(H3,20,22,25,26,28)/t12-/m0/s1. The van der Waals surface area contributed by atoms with E-state index in [-0.39, 0.29) is 30.1 Å². The zero-order valence-corrected chi connectivity index (χ0v) is 20.1. The van der Waals surface area contributed by atoms with Gasteiger partial charge in [-0.05, 0) is 0 Å². The third kappa shape index (κ3) is 6.21. The van der Waals surface area contributed by atoms with Crippen molar-refractivity contribution in [2.75, 3.05) is 11.1 Å². The van der Waals surface area contributed by atoms with Crippen molar-refractivity contribution < 1.29 is 14.7 Å². The van der Waals surface area contributed by atoms with Gasteiger partial charge in [0.15, 0.2) is 11.2 Å². The summed E-state index contributed by atoms with van der Waals surface area (Å²) in [5.74, 6) is -1.58. The zero-order valence-electron chi connectivity index (χ0n) is 16.5. The predicted octanol–water partition coefficient (Wildman–Crippen LogP) is -0.930. The van der Waals surface area contributed by atoms with Gasteiger partial charge < -0.3 is 5.73 Å². The van der Waals surface area contributed by atoms with Crippen LogP contribution < -0.4 is 21.9 Å². The second-order valence-electron chi connectivity index (χ2n) is 6.71. The van der Waals surface area contributed by atoms with E-state index in [1.165, 1.54) is 6.20 Å². The van der Waals surface area contributed by atoms with Crippen molar-refractivity contribution in [3.8, 4) is 0 Å². The van der Waals surface area contributed by atoms with Crippen LogP contribution in [0.5, 0.6) is 0 Å². The summed E-state index contributed by atoms with van der Waals surface area (Å²) in [5, 5.41) is 15.0. The summed E-state index contributed by atoms with van der Waals surface area (Å²) >= 11 is 5.13. The number of H-pyrrole nitrogens is 1. The van der Waals surface area contributed by atoms with Crippen LogP contribution in [0.15, 0.2) is 35.3 Å². The molecular weight excluding hydrogens is 548 g/mol. The van der Waals surface area contributed by atoms with Crippen molar-refractivity contribution in [2.45, 2.75) is 25.4 Å². The average Bonchev–Trinajstić information content (AvgIpc) is 2.75. The molecule has 0 aliphatic heterocycles. The fourth-order valence-electron chi connectivity index (χ4n) is 2.75. The minimum atomic E-state index is -1.08. The van der Waals surface area contributed by atoms with Crippen molar-refractivity contribution in [2.24, 2.45) is 0 Å². The van der Waals surface area contributed by atoms with E-state index in [1.807, 2.05) is 0 Å². The Morgan fingerprint density at radius 1 is 1.25 bits per heavy atom. The molecule has 1 aromatic carbocycles. The number of nitrogens with two attached hydrogens (primary N) is 1. The SMILES string of the molecule is Nc1nc2ncc(CNc3ccc(C(=O)N[C@@H](CCC(=[Se])[SeH])C(=O)O)cc3)nc2c(=O)[nH]1. The number of nitrogens with one attached hydrogen (secondary N) is 3. The number of hydrogen-bond donors (Lipinski definition) is 5. The van der Waals surface area contributed by atoms with Crippen molar-refractivity contribution in [1.29, 1.82) is 0 Å². The van der Waals surface area contributed by atoms with Gasteiger partial charge in [-0.15, -0.1) is 0 Å². The third-order valence-corrected chi connectivity index (χ3v) is 5.25. The Hall–Kier alpha value is -3.11. The summed E-state index contributed by atoms with van der Waals surface area (Å²) in [5.41, 5.74) is 6.82. The van der Waals surface area contributed by atoms with Gasteiger partial charge in [-0.2, -0.15) is 4.98 Å². The summed E-state index contributed by atoms with van der Waals surface area (Å²) < 4.78 is 0.912. The van der Waals surface area contributed by atoms with Gasteiger partial charge in [-0.25, -0.2) is 9.97 Å². The molecule has 0 unspecified atom stereocenters. The number of nitrogens with zero attached hydrogens (tertiary/aromatic N) is 3. The molecular formula is C19H19N7O4Se2. The van der Waals surface area contributed by atoms with Gasteiger partial charge in [0.05, 0.1) is 11.9 Å². The smallest absolute Gasteiger partial charge is 0.280 e. The average molecular weight is 567 g/mol. The molecule has 1 amide bonds. The molecule has 0 fully saturated rings. The number of anilines is 2. The Morgan fingerprint density at radius 2 is 1.97 bits per heavy atom. The van der Waals surface area contributed by atoms with E-state index in [2.05, 4.69) is 62.2 Å². The second kappa shape index (κ2) is 10.5. The number of carbonyl (C=O) groups excluding carboxylic acids is 1. The summed E-state index contributed by atoms with van der Waals surface area (Å²) in [4.78, 5) is 50.4. The van der Waals surface area contributed by atoms with Crippen LogP contribution in [0.1, 0.15) is 28.9 Å². The molecule has 2 aromatic heterocycles. The first-order valence-corrected chi connectivity index (χ1v) is 11.1. The monoisotopic (exact) mass is 569 g/mol. The minimum absolute atomic E-state index is 0.0296. The van der Waals surface area contributed by atoms with Crippen LogP contribution in [-0.2, 0) is 11.3 Å². The number of aromatic nitrogens is 4. The zero-order chi connectivity index (χ0) is 23.3. The van der Waals surface area contributed by atoms with E-state index in [0.29, 0.717) is 23.4 Å². The second-order valence-corrected chi connectivity index (χ2v) is 10.4. The Labute approximate surface area is 197 Å². The number of carbonyl (C=O) groups is 2. The van der Waals surface area contributed by atoms with Gasteiger partial charge in [0, 0.05) is 0 Å². The molecule has 3 aromatic rings. The Balaban J connectivity index is 1.62. The van der Waals surface area contributed by atoms with Crippen LogP contribution in [0, 0.1) is 0 Å². The Bertz CT molecular complexity index is 1230. The minimum Gasteiger partial charge on any atom is -0.291 e. The first kappa shape index (κ1) is 23.5. The molecule has 0 saturated heterocycles. The maximum atomic E-state index is 12.4. The normalized spacial score (nSPS) is 11.7. The maximum absolute atomic E-state index is 12.4. The summed E-state index contributed by atoms with van der Waals surface area (Å²) in [7, 11) is 0. The van der Waals surface area contributed by atoms with Crippen LogP contribution >= 0.6 is 0 Å². The van der Waals surface area contributed by atoms with Gasteiger partial charge in [0.25, 0.3) is 5.56 Å². The summed E-state index contributed by atoms with van der Waals surface area (Å²) in [6, 6.07) is 5.56. The number of aromatic amines is 1. The number of aliphatic carboxylic acids is 1. The number of fused-ring (bicyclic) bond motifs is 1. The van der Waals surface area contributed by atoms with Crippen LogP contribution in [0.3, 0.4) is 0 Å². The molecule has 1 atom stereocenters. The van der Waals surface area contributed by atoms with Crippen LogP contribution in [-0.4, -0.2) is 77.9 Å². The molecule has 2 heterocycles. The Morgan fingerprint density at radius 3 is 2.62 bits per heavy atom. The number of carboxylic acid groups (broad SMARTS) is 1. The van der Waals surface area contributed by atoms with Gasteiger partial charge in [-0.3, -0.25) is 9.78 Å². The molecule has 0 saturated carbocycles. The van der Waals surface area contributed by atoms with Gasteiger partial charge in [-0.1, -0.05) is 0 Å².